The van der Waals surface area contributed by atoms with E-state index in [2.05, 4.69) is 17.3 Å². The normalized spacial score (nSPS) is 10.8. The van der Waals surface area contributed by atoms with E-state index < -0.39 is 12.6 Å². The number of aryl methyl sites for hydroxylation is 2. The van der Waals surface area contributed by atoms with Crippen molar-refractivity contribution in [3.63, 3.8) is 0 Å². The average Bonchev–Trinajstić information content (AvgIpc) is 2.74. The molecule has 0 spiro atoms. The van der Waals surface area contributed by atoms with Crippen LogP contribution in [0.4, 0.5) is 0 Å². The minimum Gasteiger partial charge on any atom is -0.489 e. The predicted molar refractivity (Wildman–Crippen MR) is 119 cm³/mol. The molecule has 6 heteroatoms. The molecule has 3 rings (SSSR count). The Labute approximate surface area is 181 Å². The van der Waals surface area contributed by atoms with Crippen LogP contribution in [0.15, 0.2) is 71.9 Å². The zero-order valence-electron chi connectivity index (χ0n) is 17.6. The summed E-state index contributed by atoms with van der Waals surface area (Å²) in [6.07, 6.45) is 1.43. The lowest BCUT2D eigenvalue weighted by molar-refractivity contribution is -0.142. The molecule has 0 unspecified atom stereocenters. The highest BCUT2D eigenvalue weighted by Crippen LogP contribution is 2.24. The van der Waals surface area contributed by atoms with E-state index in [-0.39, 0.29) is 0 Å². The van der Waals surface area contributed by atoms with Crippen molar-refractivity contribution in [2.24, 2.45) is 5.16 Å². The molecule has 6 nitrogen and oxygen atoms in total. The van der Waals surface area contributed by atoms with Gasteiger partial charge in [-0.1, -0.05) is 64.8 Å². The lowest BCUT2D eigenvalue weighted by atomic mass is 10.1. The van der Waals surface area contributed by atoms with Crippen molar-refractivity contribution in [1.29, 1.82) is 0 Å². The number of carboxylic acids is 1. The molecule has 3 aromatic rings. The number of benzene rings is 3. The molecular formula is C25H25NO5. The van der Waals surface area contributed by atoms with Crippen molar-refractivity contribution >= 4 is 12.2 Å². The Morgan fingerprint density at radius 1 is 0.871 bits per heavy atom. The monoisotopic (exact) mass is 419 g/mol. The molecular weight excluding hydrogens is 394 g/mol. The van der Waals surface area contributed by atoms with E-state index in [1.165, 1.54) is 17.3 Å². The summed E-state index contributed by atoms with van der Waals surface area (Å²) in [5.74, 6) is 0.139. The van der Waals surface area contributed by atoms with Gasteiger partial charge in [0.15, 0.2) is 0 Å². The Hall–Kier alpha value is -3.80. The van der Waals surface area contributed by atoms with Gasteiger partial charge in [-0.2, -0.15) is 0 Å². The summed E-state index contributed by atoms with van der Waals surface area (Å²) in [4.78, 5) is 15.3. The summed E-state index contributed by atoms with van der Waals surface area (Å²) in [5.41, 5.74) is 5.13. The number of carbonyl (C=O) groups is 1. The molecule has 0 heterocycles. The number of aliphatic carboxylic acids is 1. The molecule has 0 amide bonds. The highest BCUT2D eigenvalue weighted by atomic mass is 16.6. The summed E-state index contributed by atoms with van der Waals surface area (Å²) >= 11 is 0. The van der Waals surface area contributed by atoms with E-state index in [4.69, 9.17) is 19.4 Å². The number of ether oxygens (including phenoxy) is 2. The molecule has 0 aliphatic carbocycles. The number of nitrogens with zero attached hydrogens (tertiary/aromatic N) is 1. The molecule has 0 aromatic heterocycles. The average molecular weight is 419 g/mol. The third-order valence-corrected chi connectivity index (χ3v) is 4.34. The van der Waals surface area contributed by atoms with Crippen molar-refractivity contribution in [1.82, 2.24) is 0 Å². The van der Waals surface area contributed by atoms with Crippen LogP contribution in [0.2, 0.25) is 0 Å². The molecule has 1 N–H and O–H groups in total. The van der Waals surface area contributed by atoms with Gasteiger partial charge in [-0.15, -0.1) is 0 Å². The van der Waals surface area contributed by atoms with Gasteiger partial charge in [0.2, 0.25) is 6.61 Å². The van der Waals surface area contributed by atoms with Crippen molar-refractivity contribution in [2.45, 2.75) is 27.1 Å². The van der Waals surface area contributed by atoms with Crippen LogP contribution in [0.25, 0.3) is 0 Å². The van der Waals surface area contributed by atoms with Gasteiger partial charge in [0.05, 0.1) is 6.21 Å². The van der Waals surface area contributed by atoms with Crippen LogP contribution in [0.5, 0.6) is 11.5 Å². The maximum atomic E-state index is 10.6. The summed E-state index contributed by atoms with van der Waals surface area (Å²) in [7, 11) is 0. The Balaban J connectivity index is 1.74. The van der Waals surface area contributed by atoms with Crippen LogP contribution in [-0.2, 0) is 22.8 Å². The molecule has 0 aliphatic rings. The molecule has 0 saturated carbocycles. The van der Waals surface area contributed by atoms with Gasteiger partial charge in [-0.3, -0.25) is 0 Å². The third kappa shape index (κ3) is 7.51. The number of rotatable bonds is 10. The summed E-state index contributed by atoms with van der Waals surface area (Å²) < 4.78 is 11.9. The fraction of sp³-hybridized carbons (Fsp3) is 0.200. The second kappa shape index (κ2) is 10.8. The Bertz CT molecular complexity index is 994. The highest BCUT2D eigenvalue weighted by Gasteiger charge is 2.05. The zero-order valence-corrected chi connectivity index (χ0v) is 17.6. The van der Waals surface area contributed by atoms with E-state index in [1.807, 2.05) is 56.3 Å². The minimum absolute atomic E-state index is 0.412. The smallest absolute Gasteiger partial charge is 0.344 e. The summed E-state index contributed by atoms with van der Waals surface area (Å²) in [6.45, 7) is 4.39. The molecule has 31 heavy (non-hydrogen) atoms. The maximum absolute atomic E-state index is 10.6. The molecule has 0 atom stereocenters. The van der Waals surface area contributed by atoms with E-state index in [1.54, 1.807) is 12.1 Å². The highest BCUT2D eigenvalue weighted by molar-refractivity contribution is 5.80. The predicted octanol–water partition coefficient (Wildman–Crippen LogP) is 4.90. The molecule has 0 radical (unpaired) electrons. The standard InChI is InChI=1S/C25H25NO5/c1-18-5-3-7-20(9-18)15-29-23-11-22(14-26-31-17-25(27)28)12-24(13-23)30-16-21-8-4-6-19(2)10-21/h3-14H,15-17H2,1-2H3,(H,27,28)/b26-14+. The van der Waals surface area contributed by atoms with Crippen molar-refractivity contribution in [3.8, 4) is 11.5 Å². The van der Waals surface area contributed by atoms with Gasteiger partial charge in [0.25, 0.3) is 0 Å². The van der Waals surface area contributed by atoms with Gasteiger partial charge in [-0.05, 0) is 37.1 Å². The largest absolute Gasteiger partial charge is 0.489 e. The molecule has 0 fully saturated rings. The first-order chi connectivity index (χ1) is 15.0. The third-order valence-electron chi connectivity index (χ3n) is 4.34. The molecule has 0 saturated heterocycles. The fourth-order valence-electron chi connectivity index (χ4n) is 2.96. The first kappa shape index (κ1) is 21.9. The quantitative estimate of drug-likeness (QED) is 0.374. The number of hydrogen-bond acceptors (Lipinski definition) is 5. The number of oxime groups is 1. The zero-order chi connectivity index (χ0) is 22.1. The molecule has 3 aromatic carbocycles. The molecule has 0 aliphatic heterocycles. The van der Waals surface area contributed by atoms with Crippen LogP contribution >= 0.6 is 0 Å². The Kier molecular flexibility index (Phi) is 7.65. The molecule has 160 valence electrons. The van der Waals surface area contributed by atoms with E-state index in [0.717, 1.165) is 11.1 Å². The van der Waals surface area contributed by atoms with Gasteiger partial charge in [-0.25, -0.2) is 4.79 Å². The van der Waals surface area contributed by atoms with Crippen LogP contribution in [-0.4, -0.2) is 23.9 Å². The minimum atomic E-state index is -1.09. The van der Waals surface area contributed by atoms with E-state index in [0.29, 0.717) is 30.3 Å². The molecule has 0 bridgehead atoms. The second-order valence-corrected chi connectivity index (χ2v) is 7.19. The van der Waals surface area contributed by atoms with E-state index in [9.17, 15) is 4.79 Å². The van der Waals surface area contributed by atoms with Crippen LogP contribution in [0.3, 0.4) is 0 Å². The van der Waals surface area contributed by atoms with E-state index >= 15 is 0 Å². The van der Waals surface area contributed by atoms with Gasteiger partial charge < -0.3 is 19.4 Å². The van der Waals surface area contributed by atoms with Crippen LogP contribution in [0.1, 0.15) is 27.8 Å². The summed E-state index contributed by atoms with van der Waals surface area (Å²) in [5, 5.41) is 12.4. The summed E-state index contributed by atoms with van der Waals surface area (Å²) in [6, 6.07) is 21.6. The lowest BCUT2D eigenvalue weighted by Gasteiger charge is -2.12. The van der Waals surface area contributed by atoms with Gasteiger partial charge in [0, 0.05) is 11.6 Å². The number of hydrogen-bond donors (Lipinski definition) is 1. The van der Waals surface area contributed by atoms with Gasteiger partial charge in [0.1, 0.15) is 24.7 Å². The Morgan fingerprint density at radius 3 is 1.90 bits per heavy atom. The first-order valence-electron chi connectivity index (χ1n) is 9.87. The van der Waals surface area contributed by atoms with Crippen molar-refractivity contribution in [3.05, 3.63) is 94.5 Å². The SMILES string of the molecule is Cc1cccc(COc2cc(/C=N/OCC(=O)O)cc(OCc3cccc(C)c3)c2)c1. The van der Waals surface area contributed by atoms with Crippen LogP contribution in [0, 0.1) is 13.8 Å². The maximum Gasteiger partial charge on any atom is 0.344 e. The Morgan fingerprint density at radius 2 is 1.42 bits per heavy atom. The van der Waals surface area contributed by atoms with Crippen molar-refractivity contribution < 1.29 is 24.2 Å². The van der Waals surface area contributed by atoms with Crippen molar-refractivity contribution in [2.75, 3.05) is 6.61 Å². The van der Waals surface area contributed by atoms with Gasteiger partial charge >= 0.3 is 5.97 Å². The first-order valence-corrected chi connectivity index (χ1v) is 9.87. The topological polar surface area (TPSA) is 77.4 Å². The lowest BCUT2D eigenvalue weighted by Crippen LogP contribution is -2.03. The number of carboxylic acid groups (broad SMARTS) is 1. The fourth-order valence-corrected chi connectivity index (χ4v) is 2.96. The van der Waals surface area contributed by atoms with Crippen LogP contribution < -0.4 is 9.47 Å². The second-order valence-electron chi connectivity index (χ2n) is 7.19.